The third-order valence-electron chi connectivity index (χ3n) is 8.38. The van der Waals surface area contributed by atoms with Crippen molar-refractivity contribution in [2.45, 2.75) is 0 Å². The number of hydrogen-bond acceptors (Lipinski definition) is 1. The molecule has 7 aromatic carbocycles. The largest absolute Gasteiger partial charge is 0.307 e. The normalized spacial score (nSPS) is 12.0. The van der Waals surface area contributed by atoms with E-state index >= 15 is 0 Å². The van der Waals surface area contributed by atoms with Crippen LogP contribution in [0.1, 0.15) is 0 Å². The molecular formula is C38H23NS. The predicted molar refractivity (Wildman–Crippen MR) is 174 cm³/mol. The number of rotatable bonds is 2. The maximum atomic E-state index is 2.53. The molecule has 0 saturated carbocycles. The van der Waals surface area contributed by atoms with Crippen molar-refractivity contribution in [3.8, 4) is 16.8 Å². The van der Waals surface area contributed by atoms with E-state index in [2.05, 4.69) is 144 Å². The van der Waals surface area contributed by atoms with E-state index in [1.165, 1.54) is 80.3 Å². The van der Waals surface area contributed by atoms with Crippen LogP contribution in [0.2, 0.25) is 0 Å². The number of hydrogen-bond donors (Lipinski definition) is 0. The molecule has 0 aliphatic rings. The van der Waals surface area contributed by atoms with Gasteiger partial charge in [-0.05, 0) is 45.5 Å². The van der Waals surface area contributed by atoms with E-state index in [0.717, 1.165) is 0 Å². The first-order valence-electron chi connectivity index (χ1n) is 13.7. The first-order chi connectivity index (χ1) is 19.9. The molecule has 9 aromatic rings. The van der Waals surface area contributed by atoms with Gasteiger partial charge in [0.1, 0.15) is 0 Å². The van der Waals surface area contributed by atoms with Gasteiger partial charge in [0, 0.05) is 37.3 Å². The molecule has 0 fully saturated rings. The molecule has 2 heteroatoms. The van der Waals surface area contributed by atoms with E-state index in [9.17, 15) is 0 Å². The molecule has 40 heavy (non-hydrogen) atoms. The van der Waals surface area contributed by atoms with E-state index < -0.39 is 0 Å². The van der Waals surface area contributed by atoms with Crippen LogP contribution in [0.4, 0.5) is 0 Å². The second-order valence-electron chi connectivity index (χ2n) is 10.5. The van der Waals surface area contributed by atoms with Gasteiger partial charge in [-0.3, -0.25) is 0 Å². The van der Waals surface area contributed by atoms with Crippen LogP contribution in [0.5, 0.6) is 0 Å². The molecule has 0 radical (unpaired) electrons. The Kier molecular flexibility index (Phi) is 4.55. The molecule has 0 amide bonds. The fourth-order valence-corrected chi connectivity index (χ4v) is 7.87. The third kappa shape index (κ3) is 2.97. The standard InChI is InChI=1S/C38H23NS/c1-2-10-24(11-3-1)25-18-20-26(21-19-25)39-36-31-16-7-5-13-28(31)27-12-4-6-15-30(27)35(36)33-23-22-32-29-14-8-9-17-34(29)40-38(32)37(33)39/h1-23H. The number of benzene rings is 7. The highest BCUT2D eigenvalue weighted by molar-refractivity contribution is 7.26. The van der Waals surface area contributed by atoms with Gasteiger partial charge in [-0.1, -0.05) is 121 Å². The van der Waals surface area contributed by atoms with Crippen LogP contribution >= 0.6 is 11.3 Å². The van der Waals surface area contributed by atoms with Crippen molar-refractivity contribution in [3.05, 3.63) is 140 Å². The number of nitrogens with zero attached hydrogens (tertiary/aromatic N) is 1. The Balaban J connectivity index is 1.51. The lowest BCUT2D eigenvalue weighted by molar-refractivity contribution is 1.19. The first-order valence-corrected chi connectivity index (χ1v) is 14.5. The lowest BCUT2D eigenvalue weighted by Crippen LogP contribution is -1.95. The van der Waals surface area contributed by atoms with E-state index in [0.29, 0.717) is 0 Å². The van der Waals surface area contributed by atoms with Crippen molar-refractivity contribution in [2.24, 2.45) is 0 Å². The summed E-state index contributed by atoms with van der Waals surface area (Å²) in [6, 6.07) is 51.0. The van der Waals surface area contributed by atoms with Crippen LogP contribution in [0, 0.1) is 0 Å². The minimum atomic E-state index is 1.19. The van der Waals surface area contributed by atoms with Crippen LogP contribution in [0.25, 0.3) is 80.3 Å². The van der Waals surface area contributed by atoms with Gasteiger partial charge in [0.05, 0.1) is 15.7 Å². The van der Waals surface area contributed by atoms with E-state index in [4.69, 9.17) is 0 Å². The lowest BCUT2D eigenvalue weighted by atomic mass is 9.96. The third-order valence-corrected chi connectivity index (χ3v) is 9.57. The molecule has 0 N–H and O–H groups in total. The van der Waals surface area contributed by atoms with Crippen LogP contribution in [-0.4, -0.2) is 4.57 Å². The average molecular weight is 526 g/mol. The van der Waals surface area contributed by atoms with Gasteiger partial charge >= 0.3 is 0 Å². The quantitative estimate of drug-likeness (QED) is 0.198. The molecular weight excluding hydrogens is 502 g/mol. The number of fused-ring (bicyclic) bond motifs is 12. The summed E-state index contributed by atoms with van der Waals surface area (Å²) in [5.74, 6) is 0. The highest BCUT2D eigenvalue weighted by Gasteiger charge is 2.21. The second kappa shape index (κ2) is 8.29. The molecule has 0 bridgehead atoms. The fraction of sp³-hybridized carbons (Fsp3) is 0. The number of thiophene rings is 1. The van der Waals surface area contributed by atoms with Crippen molar-refractivity contribution in [1.29, 1.82) is 0 Å². The summed E-state index contributed by atoms with van der Waals surface area (Å²) in [5.41, 5.74) is 6.22. The minimum Gasteiger partial charge on any atom is -0.307 e. The molecule has 186 valence electrons. The Bertz CT molecular complexity index is 2410. The molecule has 0 spiro atoms. The molecule has 2 aromatic heterocycles. The maximum absolute atomic E-state index is 2.53. The molecule has 0 aliphatic heterocycles. The van der Waals surface area contributed by atoms with Crippen molar-refractivity contribution < 1.29 is 0 Å². The summed E-state index contributed by atoms with van der Waals surface area (Å²) >= 11 is 1.91. The summed E-state index contributed by atoms with van der Waals surface area (Å²) in [5, 5.41) is 10.5. The van der Waals surface area contributed by atoms with Crippen LogP contribution in [-0.2, 0) is 0 Å². The van der Waals surface area contributed by atoms with Gasteiger partial charge in [-0.15, -0.1) is 11.3 Å². The maximum Gasteiger partial charge on any atom is 0.0720 e. The summed E-state index contributed by atoms with van der Waals surface area (Å²) in [4.78, 5) is 0. The zero-order valence-electron chi connectivity index (χ0n) is 21.6. The molecule has 0 unspecified atom stereocenters. The SMILES string of the molecule is c1ccc(-c2ccc(-n3c4c(ccc5c6ccccc6sc54)c4c5ccccc5c5ccccc5c43)cc2)cc1. The number of aromatic nitrogens is 1. The van der Waals surface area contributed by atoms with Crippen molar-refractivity contribution in [1.82, 2.24) is 4.57 Å². The molecule has 9 rings (SSSR count). The zero-order valence-corrected chi connectivity index (χ0v) is 22.5. The fourth-order valence-electron chi connectivity index (χ4n) is 6.63. The van der Waals surface area contributed by atoms with E-state index in [-0.39, 0.29) is 0 Å². The highest BCUT2D eigenvalue weighted by Crippen LogP contribution is 2.47. The van der Waals surface area contributed by atoms with Crippen LogP contribution in [0.15, 0.2) is 140 Å². The van der Waals surface area contributed by atoms with Gasteiger partial charge in [-0.2, -0.15) is 0 Å². The van der Waals surface area contributed by atoms with Crippen molar-refractivity contribution >= 4 is 74.9 Å². The smallest absolute Gasteiger partial charge is 0.0720 e. The van der Waals surface area contributed by atoms with Gasteiger partial charge < -0.3 is 4.57 Å². The summed E-state index contributed by atoms with van der Waals surface area (Å²) in [6.45, 7) is 0. The Hall–Kier alpha value is -4.92. The van der Waals surface area contributed by atoms with Crippen LogP contribution in [0.3, 0.4) is 0 Å². The lowest BCUT2D eigenvalue weighted by Gasteiger charge is -2.13. The van der Waals surface area contributed by atoms with Crippen LogP contribution < -0.4 is 0 Å². The molecule has 0 atom stereocenters. The topological polar surface area (TPSA) is 4.93 Å². The first kappa shape index (κ1) is 22.0. The monoisotopic (exact) mass is 525 g/mol. The summed E-state index contributed by atoms with van der Waals surface area (Å²) in [6.07, 6.45) is 0. The van der Waals surface area contributed by atoms with E-state index in [1.54, 1.807) is 0 Å². The van der Waals surface area contributed by atoms with Gasteiger partial charge in [-0.25, -0.2) is 0 Å². The Morgan fingerprint density at radius 2 is 0.950 bits per heavy atom. The van der Waals surface area contributed by atoms with Gasteiger partial charge in [0.2, 0.25) is 0 Å². The molecule has 0 aliphatic carbocycles. The predicted octanol–water partition coefficient (Wildman–Crippen LogP) is 11.1. The Labute approximate surface area is 235 Å². The van der Waals surface area contributed by atoms with Gasteiger partial charge in [0.15, 0.2) is 0 Å². The Morgan fingerprint density at radius 3 is 1.73 bits per heavy atom. The summed E-state index contributed by atoms with van der Waals surface area (Å²) in [7, 11) is 0. The molecule has 1 nitrogen and oxygen atoms in total. The molecule has 2 heterocycles. The van der Waals surface area contributed by atoms with Crippen molar-refractivity contribution in [3.63, 3.8) is 0 Å². The zero-order chi connectivity index (χ0) is 26.2. The second-order valence-corrected chi connectivity index (χ2v) is 11.6. The van der Waals surface area contributed by atoms with E-state index in [1.807, 2.05) is 11.3 Å². The molecule has 0 saturated heterocycles. The van der Waals surface area contributed by atoms with Crippen molar-refractivity contribution in [2.75, 3.05) is 0 Å². The Morgan fingerprint density at radius 1 is 0.375 bits per heavy atom. The summed E-state index contributed by atoms with van der Waals surface area (Å²) < 4.78 is 5.21. The highest BCUT2D eigenvalue weighted by atomic mass is 32.1. The van der Waals surface area contributed by atoms with Gasteiger partial charge in [0.25, 0.3) is 0 Å². The average Bonchev–Trinajstić information content (AvgIpc) is 3.58. The minimum absolute atomic E-state index is 1.19.